The van der Waals surface area contributed by atoms with Gasteiger partial charge in [-0.2, -0.15) is 0 Å². The Morgan fingerprint density at radius 2 is 1.71 bits per heavy atom. The lowest BCUT2D eigenvalue weighted by molar-refractivity contribution is 0.613. The highest BCUT2D eigenvalue weighted by molar-refractivity contribution is 5.31. The lowest BCUT2D eigenvalue weighted by Gasteiger charge is -2.03. The number of para-hydroxylation sites is 1. The molecular formula is C11H8FNO. The first kappa shape index (κ1) is 8.69. The summed E-state index contributed by atoms with van der Waals surface area (Å²) in [6.07, 6.45) is 1.18. The van der Waals surface area contributed by atoms with Gasteiger partial charge in [-0.1, -0.05) is 18.2 Å². The van der Waals surface area contributed by atoms with E-state index in [1.807, 2.05) is 6.07 Å². The van der Waals surface area contributed by atoms with Gasteiger partial charge in [0.2, 0.25) is 0 Å². The lowest BCUT2D eigenvalue weighted by Crippen LogP contribution is -2.16. The van der Waals surface area contributed by atoms with Crippen molar-refractivity contribution in [3.63, 3.8) is 0 Å². The van der Waals surface area contributed by atoms with Crippen LogP contribution in [-0.2, 0) is 0 Å². The summed E-state index contributed by atoms with van der Waals surface area (Å²) >= 11 is 0. The highest BCUT2D eigenvalue weighted by Crippen LogP contribution is 2.04. The van der Waals surface area contributed by atoms with Gasteiger partial charge in [-0.05, 0) is 18.2 Å². The van der Waals surface area contributed by atoms with Crippen molar-refractivity contribution in [1.82, 2.24) is 4.57 Å². The van der Waals surface area contributed by atoms with E-state index < -0.39 is 5.82 Å². The van der Waals surface area contributed by atoms with Crippen LogP contribution in [0.15, 0.2) is 53.5 Å². The molecule has 0 bridgehead atoms. The van der Waals surface area contributed by atoms with E-state index in [1.54, 1.807) is 24.3 Å². The molecular weight excluding hydrogens is 181 g/mol. The topological polar surface area (TPSA) is 22.0 Å². The Morgan fingerprint density at radius 1 is 1.00 bits per heavy atom. The van der Waals surface area contributed by atoms with Crippen LogP contribution in [0, 0.1) is 5.82 Å². The van der Waals surface area contributed by atoms with Gasteiger partial charge >= 0.3 is 0 Å². The molecule has 0 spiro atoms. The van der Waals surface area contributed by atoms with Gasteiger partial charge in [-0.25, -0.2) is 4.39 Å². The number of benzene rings is 1. The van der Waals surface area contributed by atoms with Gasteiger partial charge < -0.3 is 0 Å². The molecule has 0 aliphatic rings. The summed E-state index contributed by atoms with van der Waals surface area (Å²) in [7, 11) is 0. The molecule has 0 aliphatic heterocycles. The predicted molar refractivity (Wildman–Crippen MR) is 52.0 cm³/mol. The van der Waals surface area contributed by atoms with E-state index in [1.165, 1.54) is 16.8 Å². The molecule has 0 radical (unpaired) electrons. The fraction of sp³-hybridized carbons (Fsp3) is 0. The number of pyridine rings is 1. The van der Waals surface area contributed by atoms with Crippen LogP contribution >= 0.6 is 0 Å². The average Bonchev–Trinajstić information content (AvgIpc) is 2.23. The molecule has 0 amide bonds. The molecule has 2 nitrogen and oxygen atoms in total. The second-order valence-corrected chi connectivity index (χ2v) is 2.89. The zero-order valence-electron chi connectivity index (χ0n) is 7.35. The maximum atomic E-state index is 12.9. The fourth-order valence-electron chi connectivity index (χ4n) is 1.25. The Kier molecular flexibility index (Phi) is 2.14. The monoisotopic (exact) mass is 189 g/mol. The molecule has 3 heteroatoms. The molecule has 0 aliphatic carbocycles. The van der Waals surface area contributed by atoms with Crippen LogP contribution in [0.4, 0.5) is 4.39 Å². The number of rotatable bonds is 1. The standard InChI is InChI=1S/C11H8FNO/c12-9-6-7-11(14)13(8-9)10-4-2-1-3-5-10/h1-8H. The molecule has 14 heavy (non-hydrogen) atoms. The van der Waals surface area contributed by atoms with E-state index in [4.69, 9.17) is 0 Å². The van der Waals surface area contributed by atoms with Crippen LogP contribution in [0.25, 0.3) is 5.69 Å². The zero-order chi connectivity index (χ0) is 9.97. The highest BCUT2D eigenvalue weighted by Gasteiger charge is 1.99. The van der Waals surface area contributed by atoms with E-state index in [9.17, 15) is 9.18 Å². The van der Waals surface area contributed by atoms with E-state index in [0.29, 0.717) is 5.69 Å². The largest absolute Gasteiger partial charge is 0.281 e. The van der Waals surface area contributed by atoms with Gasteiger partial charge in [0.05, 0.1) is 0 Å². The predicted octanol–water partition coefficient (Wildman–Crippen LogP) is 1.98. The lowest BCUT2D eigenvalue weighted by atomic mass is 10.3. The van der Waals surface area contributed by atoms with Crippen molar-refractivity contribution in [2.45, 2.75) is 0 Å². The highest BCUT2D eigenvalue weighted by atomic mass is 19.1. The summed E-state index contributed by atoms with van der Waals surface area (Å²) in [6.45, 7) is 0. The Bertz CT molecular complexity index is 490. The summed E-state index contributed by atoms with van der Waals surface area (Å²) in [5.41, 5.74) is 0.426. The molecule has 0 atom stereocenters. The summed E-state index contributed by atoms with van der Waals surface area (Å²) < 4.78 is 14.1. The Hall–Kier alpha value is -1.90. The smallest absolute Gasteiger partial charge is 0.255 e. The van der Waals surface area contributed by atoms with E-state index in [0.717, 1.165) is 6.07 Å². The fourth-order valence-corrected chi connectivity index (χ4v) is 1.25. The molecule has 0 fully saturated rings. The average molecular weight is 189 g/mol. The summed E-state index contributed by atoms with van der Waals surface area (Å²) in [5.74, 6) is -0.423. The van der Waals surface area contributed by atoms with Crippen molar-refractivity contribution >= 4 is 0 Å². The van der Waals surface area contributed by atoms with E-state index in [-0.39, 0.29) is 5.56 Å². The molecule has 1 heterocycles. The Morgan fingerprint density at radius 3 is 2.43 bits per heavy atom. The summed E-state index contributed by atoms with van der Waals surface area (Å²) in [6, 6.07) is 11.3. The number of halogens is 1. The van der Waals surface area contributed by atoms with E-state index >= 15 is 0 Å². The molecule has 1 aromatic carbocycles. The van der Waals surface area contributed by atoms with Crippen LogP contribution < -0.4 is 5.56 Å². The van der Waals surface area contributed by atoms with Crippen molar-refractivity contribution in [2.75, 3.05) is 0 Å². The van der Waals surface area contributed by atoms with Crippen LogP contribution in [0.3, 0.4) is 0 Å². The molecule has 0 unspecified atom stereocenters. The molecule has 1 aromatic heterocycles. The second-order valence-electron chi connectivity index (χ2n) is 2.89. The number of nitrogens with zero attached hydrogens (tertiary/aromatic N) is 1. The first-order valence-corrected chi connectivity index (χ1v) is 4.21. The SMILES string of the molecule is O=c1ccc(F)cn1-c1ccccc1. The van der Waals surface area contributed by atoms with Gasteiger partial charge in [0.1, 0.15) is 5.82 Å². The number of aromatic nitrogens is 1. The van der Waals surface area contributed by atoms with Crippen LogP contribution in [0.5, 0.6) is 0 Å². The van der Waals surface area contributed by atoms with Gasteiger partial charge in [0.25, 0.3) is 5.56 Å². The third-order valence-electron chi connectivity index (χ3n) is 1.91. The van der Waals surface area contributed by atoms with Gasteiger partial charge in [0, 0.05) is 18.0 Å². The molecule has 0 N–H and O–H groups in total. The van der Waals surface area contributed by atoms with Gasteiger partial charge in [0.15, 0.2) is 0 Å². The third kappa shape index (κ3) is 1.57. The second kappa shape index (κ2) is 3.46. The third-order valence-corrected chi connectivity index (χ3v) is 1.91. The minimum absolute atomic E-state index is 0.238. The van der Waals surface area contributed by atoms with Crippen LogP contribution in [0.2, 0.25) is 0 Å². The molecule has 2 rings (SSSR count). The van der Waals surface area contributed by atoms with Gasteiger partial charge in [-0.3, -0.25) is 9.36 Å². The summed E-state index contributed by atoms with van der Waals surface area (Å²) in [4.78, 5) is 11.4. The Labute approximate surface area is 80.2 Å². The number of hydrogen-bond donors (Lipinski definition) is 0. The van der Waals surface area contributed by atoms with Crippen LogP contribution in [-0.4, -0.2) is 4.57 Å². The maximum Gasteiger partial charge on any atom is 0.255 e. The van der Waals surface area contributed by atoms with E-state index in [2.05, 4.69) is 0 Å². The minimum atomic E-state index is -0.423. The Balaban J connectivity index is 2.63. The van der Waals surface area contributed by atoms with Crippen molar-refractivity contribution in [3.05, 3.63) is 64.8 Å². The molecule has 0 saturated heterocycles. The normalized spacial score (nSPS) is 10.1. The van der Waals surface area contributed by atoms with Crippen molar-refractivity contribution in [2.24, 2.45) is 0 Å². The van der Waals surface area contributed by atoms with Crippen molar-refractivity contribution in [1.29, 1.82) is 0 Å². The molecule has 70 valence electrons. The molecule has 0 saturated carbocycles. The summed E-state index contributed by atoms with van der Waals surface area (Å²) in [5, 5.41) is 0. The van der Waals surface area contributed by atoms with Crippen LogP contribution in [0.1, 0.15) is 0 Å². The van der Waals surface area contributed by atoms with Gasteiger partial charge in [-0.15, -0.1) is 0 Å². The number of hydrogen-bond acceptors (Lipinski definition) is 1. The zero-order valence-corrected chi connectivity index (χ0v) is 7.35. The van der Waals surface area contributed by atoms with Crippen molar-refractivity contribution < 1.29 is 4.39 Å². The minimum Gasteiger partial charge on any atom is -0.281 e. The first-order chi connectivity index (χ1) is 6.77. The first-order valence-electron chi connectivity index (χ1n) is 4.21. The van der Waals surface area contributed by atoms with Crippen molar-refractivity contribution in [3.8, 4) is 5.69 Å². The molecule has 2 aromatic rings. The maximum absolute atomic E-state index is 12.9. The quantitative estimate of drug-likeness (QED) is 0.672.